The van der Waals surface area contributed by atoms with Crippen LogP contribution in [0.25, 0.3) is 0 Å². The van der Waals surface area contributed by atoms with Crippen molar-refractivity contribution in [3.05, 3.63) is 35.4 Å². The Labute approximate surface area is 128 Å². The van der Waals surface area contributed by atoms with E-state index in [9.17, 15) is 9.59 Å². The molecular weight excluding hydrogens is 315 g/mol. The van der Waals surface area contributed by atoms with E-state index in [1.165, 1.54) is 12.8 Å². The first kappa shape index (κ1) is 17.1. The van der Waals surface area contributed by atoms with Crippen molar-refractivity contribution in [2.75, 3.05) is 0 Å². The average Bonchev–Trinajstić information content (AvgIpc) is 2.38. The number of carbonyl (C=O) groups is 2. The Morgan fingerprint density at radius 1 is 1.15 bits per heavy atom. The SMILES string of the molecule is CCCCCC(CC(C)=O)[Se]C(=O)c1ccc(C)cc1. The van der Waals surface area contributed by atoms with Crippen LogP contribution in [0.5, 0.6) is 0 Å². The van der Waals surface area contributed by atoms with Gasteiger partial charge in [0, 0.05) is 0 Å². The van der Waals surface area contributed by atoms with Crippen LogP contribution in [0.2, 0.25) is 4.82 Å². The Hall–Kier alpha value is -0.921. The second kappa shape index (κ2) is 9.10. The third-order valence-electron chi connectivity index (χ3n) is 3.21. The van der Waals surface area contributed by atoms with Gasteiger partial charge in [-0.15, -0.1) is 0 Å². The van der Waals surface area contributed by atoms with Crippen molar-refractivity contribution >= 4 is 25.4 Å². The molecule has 0 saturated heterocycles. The quantitative estimate of drug-likeness (QED) is 0.499. The molecule has 1 rings (SSSR count). The van der Waals surface area contributed by atoms with Gasteiger partial charge in [0.25, 0.3) is 0 Å². The van der Waals surface area contributed by atoms with Crippen molar-refractivity contribution in [2.45, 2.75) is 57.7 Å². The Morgan fingerprint density at radius 3 is 2.35 bits per heavy atom. The normalized spacial score (nSPS) is 12.2. The molecule has 0 N–H and O–H groups in total. The van der Waals surface area contributed by atoms with E-state index < -0.39 is 0 Å². The van der Waals surface area contributed by atoms with Crippen LogP contribution in [0.3, 0.4) is 0 Å². The van der Waals surface area contributed by atoms with Crippen LogP contribution in [0, 0.1) is 6.92 Å². The van der Waals surface area contributed by atoms with Crippen LogP contribution in [0.15, 0.2) is 24.3 Å². The standard InChI is InChI=1S/C17H24O2Se/c1-4-5-6-7-16(12-14(3)18)20-17(19)15-10-8-13(2)9-11-15/h8-11,16H,4-7,12H2,1-3H3. The fourth-order valence-electron chi connectivity index (χ4n) is 2.05. The zero-order valence-corrected chi connectivity index (χ0v) is 14.4. The Kier molecular flexibility index (Phi) is 7.79. The van der Waals surface area contributed by atoms with Gasteiger partial charge in [-0.25, -0.2) is 0 Å². The maximum absolute atomic E-state index is 12.3. The molecule has 0 saturated carbocycles. The number of ketones is 1. The van der Waals surface area contributed by atoms with Crippen molar-refractivity contribution in [1.82, 2.24) is 0 Å². The summed E-state index contributed by atoms with van der Waals surface area (Å²) < 4.78 is 0.222. The molecule has 0 heterocycles. The number of hydrogen-bond donors (Lipinski definition) is 0. The third-order valence-corrected chi connectivity index (χ3v) is 5.69. The summed E-state index contributed by atoms with van der Waals surface area (Å²) in [7, 11) is 0. The molecule has 3 heteroatoms. The summed E-state index contributed by atoms with van der Waals surface area (Å²) in [6.45, 7) is 5.81. The van der Waals surface area contributed by atoms with Crippen molar-refractivity contribution in [1.29, 1.82) is 0 Å². The molecule has 1 aromatic carbocycles. The molecule has 0 aliphatic rings. The van der Waals surface area contributed by atoms with Crippen molar-refractivity contribution in [2.24, 2.45) is 0 Å². The molecule has 2 nitrogen and oxygen atoms in total. The molecule has 0 aromatic heterocycles. The molecule has 0 radical (unpaired) electrons. The number of unbranched alkanes of at least 4 members (excludes halogenated alkanes) is 2. The first-order valence-corrected chi connectivity index (χ1v) is 9.14. The first-order valence-electron chi connectivity index (χ1n) is 7.30. The zero-order chi connectivity index (χ0) is 15.0. The number of rotatable bonds is 9. The van der Waals surface area contributed by atoms with Crippen molar-refractivity contribution in [3.63, 3.8) is 0 Å². The van der Waals surface area contributed by atoms with Gasteiger partial charge in [0.15, 0.2) is 0 Å². The molecule has 0 fully saturated rings. The van der Waals surface area contributed by atoms with Crippen LogP contribution in [0.1, 0.15) is 61.9 Å². The van der Waals surface area contributed by atoms with Gasteiger partial charge in [-0.05, 0) is 0 Å². The number of benzene rings is 1. The van der Waals surface area contributed by atoms with Crippen LogP contribution < -0.4 is 0 Å². The number of aryl methyl sites for hydroxylation is 1. The molecule has 0 amide bonds. The second-order valence-electron chi connectivity index (χ2n) is 5.30. The molecule has 0 aliphatic heterocycles. The monoisotopic (exact) mass is 340 g/mol. The first-order chi connectivity index (χ1) is 9.52. The summed E-state index contributed by atoms with van der Waals surface area (Å²) in [4.78, 5) is 23.9. The predicted molar refractivity (Wildman–Crippen MR) is 84.5 cm³/mol. The van der Waals surface area contributed by atoms with Gasteiger partial charge in [-0.2, -0.15) is 0 Å². The summed E-state index contributed by atoms with van der Waals surface area (Å²) in [6, 6.07) is 7.74. The molecule has 0 bridgehead atoms. The van der Waals surface area contributed by atoms with Crippen LogP contribution in [-0.2, 0) is 4.79 Å². The number of carbonyl (C=O) groups excluding carboxylic acids is 2. The number of hydrogen-bond acceptors (Lipinski definition) is 2. The van der Waals surface area contributed by atoms with Gasteiger partial charge in [0.05, 0.1) is 0 Å². The van der Waals surface area contributed by atoms with E-state index >= 15 is 0 Å². The summed E-state index contributed by atoms with van der Waals surface area (Å²) >= 11 is -0.130. The van der Waals surface area contributed by atoms with E-state index in [2.05, 4.69) is 6.92 Å². The average molecular weight is 339 g/mol. The van der Waals surface area contributed by atoms with Crippen molar-refractivity contribution < 1.29 is 9.59 Å². The van der Waals surface area contributed by atoms with Gasteiger partial charge in [-0.1, -0.05) is 0 Å². The maximum atomic E-state index is 12.3. The topological polar surface area (TPSA) is 34.1 Å². The fraction of sp³-hybridized carbons (Fsp3) is 0.529. The van der Waals surface area contributed by atoms with E-state index in [0.29, 0.717) is 6.42 Å². The summed E-state index contributed by atoms with van der Waals surface area (Å²) in [5, 5.41) is 0. The van der Waals surface area contributed by atoms with Gasteiger partial charge in [-0.3, -0.25) is 0 Å². The molecule has 1 unspecified atom stereocenters. The minimum atomic E-state index is -0.130. The molecule has 0 aliphatic carbocycles. The van der Waals surface area contributed by atoms with Crippen LogP contribution in [0.4, 0.5) is 0 Å². The molecule has 0 spiro atoms. The molecule has 1 aromatic rings. The van der Waals surface area contributed by atoms with Crippen LogP contribution >= 0.6 is 0 Å². The predicted octanol–water partition coefficient (Wildman–Crippen LogP) is 4.19. The van der Waals surface area contributed by atoms with Gasteiger partial charge in [0.2, 0.25) is 0 Å². The number of Topliss-reactive ketones (excluding diaryl/α,β-unsaturated/α-hetero) is 1. The van der Waals surface area contributed by atoms with Gasteiger partial charge in [0.1, 0.15) is 0 Å². The molecule has 1 atom stereocenters. The third kappa shape index (κ3) is 6.49. The van der Waals surface area contributed by atoms with E-state index in [-0.39, 0.29) is 30.2 Å². The van der Waals surface area contributed by atoms with E-state index in [0.717, 1.165) is 24.0 Å². The Balaban J connectivity index is 2.60. The Bertz CT molecular complexity index is 437. The van der Waals surface area contributed by atoms with Crippen LogP contribution in [-0.4, -0.2) is 25.4 Å². The molecular formula is C17H24O2Se. The molecule has 110 valence electrons. The minimum absolute atomic E-state index is 0.130. The zero-order valence-electron chi connectivity index (χ0n) is 12.6. The summed E-state index contributed by atoms with van der Waals surface area (Å²) in [6.07, 6.45) is 5.04. The molecule has 20 heavy (non-hydrogen) atoms. The van der Waals surface area contributed by atoms with Crippen molar-refractivity contribution in [3.8, 4) is 0 Å². The van der Waals surface area contributed by atoms with Gasteiger partial charge >= 0.3 is 128 Å². The van der Waals surface area contributed by atoms with E-state index in [4.69, 9.17) is 0 Å². The second-order valence-corrected chi connectivity index (χ2v) is 7.97. The summed E-state index contributed by atoms with van der Waals surface area (Å²) in [5.41, 5.74) is 1.96. The van der Waals surface area contributed by atoms with E-state index in [1.807, 2.05) is 31.2 Å². The van der Waals surface area contributed by atoms with E-state index in [1.54, 1.807) is 6.92 Å². The Morgan fingerprint density at radius 2 is 1.80 bits per heavy atom. The fourth-order valence-corrected chi connectivity index (χ4v) is 4.52. The summed E-state index contributed by atoms with van der Waals surface area (Å²) in [5.74, 6) is 0.199. The van der Waals surface area contributed by atoms with Gasteiger partial charge < -0.3 is 0 Å².